The minimum atomic E-state index is 0.0110. The van der Waals surface area contributed by atoms with E-state index in [1.54, 1.807) is 7.11 Å². The molecule has 2 fully saturated rings. The Hall–Kier alpha value is -1.96. The Balaban J connectivity index is 1.29. The second kappa shape index (κ2) is 12.0. The van der Waals surface area contributed by atoms with Crippen molar-refractivity contribution >= 4 is 12.2 Å². The van der Waals surface area contributed by atoms with Crippen molar-refractivity contribution in [2.24, 2.45) is 0 Å². The summed E-state index contributed by atoms with van der Waals surface area (Å²) in [7, 11) is 1.69. The number of hydrogen-bond donors (Lipinski definition) is 1. The topological polar surface area (TPSA) is 71.1 Å². The van der Waals surface area contributed by atoms with Gasteiger partial charge in [0.15, 0.2) is 0 Å². The lowest BCUT2D eigenvalue weighted by Crippen LogP contribution is -2.48. The van der Waals surface area contributed by atoms with Crippen molar-refractivity contribution in [2.45, 2.75) is 50.9 Å². The van der Waals surface area contributed by atoms with Crippen LogP contribution in [0.15, 0.2) is 24.3 Å². The Bertz CT molecular complexity index is 659. The highest BCUT2D eigenvalue weighted by molar-refractivity contribution is 5.76. The first kappa shape index (κ1) is 22.7. The van der Waals surface area contributed by atoms with Gasteiger partial charge in [-0.15, -0.1) is 0 Å². The molecule has 30 heavy (non-hydrogen) atoms. The van der Waals surface area contributed by atoms with E-state index in [9.17, 15) is 9.59 Å². The number of nitrogens with zero attached hydrogens (tertiary/aromatic N) is 2. The van der Waals surface area contributed by atoms with Crippen molar-refractivity contribution in [2.75, 3.05) is 46.4 Å². The molecule has 2 aliphatic heterocycles. The van der Waals surface area contributed by atoms with Gasteiger partial charge in [0.1, 0.15) is 12.0 Å². The van der Waals surface area contributed by atoms with Gasteiger partial charge in [-0.3, -0.25) is 14.6 Å². The molecule has 0 bridgehead atoms. The van der Waals surface area contributed by atoms with Crippen molar-refractivity contribution in [1.82, 2.24) is 15.1 Å². The van der Waals surface area contributed by atoms with Crippen molar-refractivity contribution in [1.29, 1.82) is 0 Å². The fourth-order valence-corrected chi connectivity index (χ4v) is 4.13. The van der Waals surface area contributed by atoms with E-state index >= 15 is 0 Å². The van der Waals surface area contributed by atoms with Crippen LogP contribution in [0, 0.1) is 0 Å². The number of amides is 1. The molecule has 1 N–H and O–H groups in total. The normalized spacial score (nSPS) is 22.7. The maximum absolute atomic E-state index is 11.8. The number of carbonyl (C=O) groups excluding carboxylic acids is 2. The Kier molecular flexibility index (Phi) is 9.11. The average molecular weight is 418 g/mol. The molecule has 2 atom stereocenters. The summed E-state index contributed by atoms with van der Waals surface area (Å²) in [6.07, 6.45) is 4.76. The quantitative estimate of drug-likeness (QED) is 0.438. The molecule has 0 aliphatic carbocycles. The lowest BCUT2D eigenvalue weighted by atomic mass is 10.1. The van der Waals surface area contributed by atoms with Gasteiger partial charge in [0.05, 0.1) is 19.3 Å². The van der Waals surface area contributed by atoms with Crippen LogP contribution in [0.1, 0.15) is 37.7 Å². The monoisotopic (exact) mass is 417 g/mol. The van der Waals surface area contributed by atoms with E-state index in [2.05, 4.69) is 27.2 Å². The van der Waals surface area contributed by atoms with Gasteiger partial charge in [-0.2, -0.15) is 0 Å². The van der Waals surface area contributed by atoms with Gasteiger partial charge in [0.2, 0.25) is 5.91 Å². The number of methoxy groups -OCH3 is 1. The van der Waals surface area contributed by atoms with Crippen LogP contribution >= 0.6 is 0 Å². The Morgan fingerprint density at radius 3 is 2.53 bits per heavy atom. The fraction of sp³-hybridized carbons (Fsp3) is 0.652. The number of rotatable bonds is 11. The molecule has 1 aromatic rings. The van der Waals surface area contributed by atoms with Crippen LogP contribution in [-0.4, -0.2) is 80.6 Å². The molecule has 0 radical (unpaired) electrons. The Labute approximate surface area is 179 Å². The SMILES string of the molecule is COc1ccc(CN2CCN(CC3CCC(CNC(=O)CCCC=O)O3)CC2)cc1. The second-order valence-corrected chi connectivity index (χ2v) is 8.25. The van der Waals surface area contributed by atoms with E-state index in [-0.39, 0.29) is 18.1 Å². The number of aldehydes is 1. The molecule has 3 rings (SSSR count). The summed E-state index contributed by atoms with van der Waals surface area (Å²) in [4.78, 5) is 27.1. The van der Waals surface area contributed by atoms with Crippen LogP contribution in [0.25, 0.3) is 0 Å². The smallest absolute Gasteiger partial charge is 0.220 e. The summed E-state index contributed by atoms with van der Waals surface area (Å²) < 4.78 is 11.4. The van der Waals surface area contributed by atoms with Crippen molar-refractivity contribution in [3.8, 4) is 5.75 Å². The van der Waals surface area contributed by atoms with Crippen LogP contribution in [0.3, 0.4) is 0 Å². The van der Waals surface area contributed by atoms with Gasteiger partial charge in [-0.05, 0) is 37.0 Å². The maximum Gasteiger partial charge on any atom is 0.220 e. The van der Waals surface area contributed by atoms with Gasteiger partial charge in [-0.1, -0.05) is 12.1 Å². The lowest BCUT2D eigenvalue weighted by Gasteiger charge is -2.35. The van der Waals surface area contributed by atoms with E-state index in [0.29, 0.717) is 25.8 Å². The second-order valence-electron chi connectivity index (χ2n) is 8.25. The number of benzene rings is 1. The summed E-state index contributed by atoms with van der Waals surface area (Å²) >= 11 is 0. The first-order chi connectivity index (χ1) is 14.7. The fourth-order valence-electron chi connectivity index (χ4n) is 4.13. The Morgan fingerprint density at radius 1 is 1.13 bits per heavy atom. The maximum atomic E-state index is 11.8. The number of carbonyl (C=O) groups is 2. The van der Waals surface area contributed by atoms with Crippen molar-refractivity contribution < 1.29 is 19.1 Å². The van der Waals surface area contributed by atoms with E-state index in [0.717, 1.165) is 64.1 Å². The third-order valence-electron chi connectivity index (χ3n) is 5.94. The summed E-state index contributed by atoms with van der Waals surface area (Å²) in [5.41, 5.74) is 1.32. The third-order valence-corrected chi connectivity index (χ3v) is 5.94. The summed E-state index contributed by atoms with van der Waals surface area (Å²) in [6.45, 7) is 6.79. The first-order valence-electron chi connectivity index (χ1n) is 11.1. The van der Waals surface area contributed by atoms with Gasteiger partial charge in [0, 0.05) is 58.7 Å². The minimum Gasteiger partial charge on any atom is -0.497 e. The van der Waals surface area contributed by atoms with E-state index in [1.165, 1.54) is 5.56 Å². The zero-order valence-electron chi connectivity index (χ0n) is 18.1. The van der Waals surface area contributed by atoms with Gasteiger partial charge >= 0.3 is 0 Å². The van der Waals surface area contributed by atoms with E-state index < -0.39 is 0 Å². The highest BCUT2D eigenvalue weighted by atomic mass is 16.5. The highest BCUT2D eigenvalue weighted by Crippen LogP contribution is 2.21. The predicted octanol–water partition coefficient (Wildman–Crippen LogP) is 1.85. The van der Waals surface area contributed by atoms with E-state index in [1.807, 2.05) is 12.1 Å². The number of piperazine rings is 1. The molecular weight excluding hydrogens is 382 g/mol. The van der Waals surface area contributed by atoms with Crippen LogP contribution < -0.4 is 10.1 Å². The van der Waals surface area contributed by atoms with Gasteiger partial charge in [0.25, 0.3) is 0 Å². The zero-order chi connectivity index (χ0) is 21.2. The van der Waals surface area contributed by atoms with E-state index in [4.69, 9.17) is 9.47 Å². The number of hydrogen-bond acceptors (Lipinski definition) is 6. The minimum absolute atomic E-state index is 0.0110. The molecule has 0 spiro atoms. The number of ether oxygens (including phenoxy) is 2. The average Bonchev–Trinajstić information content (AvgIpc) is 3.22. The standard InChI is InChI=1S/C23H35N3O4/c1-29-20-7-5-19(6-8-20)17-25-11-13-26(14-12-25)18-22-10-9-21(30-22)16-24-23(28)4-2-3-15-27/h5-8,15,21-22H,2-4,9-14,16-18H2,1H3,(H,24,28). The van der Waals surface area contributed by atoms with Gasteiger partial charge in [-0.25, -0.2) is 0 Å². The molecule has 7 nitrogen and oxygen atoms in total. The van der Waals surface area contributed by atoms with Gasteiger partial charge < -0.3 is 19.6 Å². The molecule has 166 valence electrons. The summed E-state index contributed by atoms with van der Waals surface area (Å²) in [5, 5.41) is 2.94. The predicted molar refractivity (Wildman–Crippen MR) is 116 cm³/mol. The van der Waals surface area contributed by atoms with Crippen LogP contribution in [0.5, 0.6) is 5.75 Å². The molecule has 2 unspecified atom stereocenters. The first-order valence-corrected chi connectivity index (χ1v) is 11.1. The molecule has 7 heteroatoms. The molecule has 0 saturated carbocycles. The molecular formula is C23H35N3O4. The summed E-state index contributed by atoms with van der Waals surface area (Å²) in [5.74, 6) is 0.910. The largest absolute Gasteiger partial charge is 0.497 e. The van der Waals surface area contributed by atoms with Crippen molar-refractivity contribution in [3.05, 3.63) is 29.8 Å². The zero-order valence-corrected chi connectivity index (χ0v) is 18.1. The lowest BCUT2D eigenvalue weighted by molar-refractivity contribution is -0.121. The van der Waals surface area contributed by atoms with Crippen LogP contribution in [0.2, 0.25) is 0 Å². The van der Waals surface area contributed by atoms with Crippen molar-refractivity contribution in [3.63, 3.8) is 0 Å². The van der Waals surface area contributed by atoms with Crippen LogP contribution in [0.4, 0.5) is 0 Å². The molecule has 2 heterocycles. The molecule has 2 aliphatic rings. The summed E-state index contributed by atoms with van der Waals surface area (Å²) in [6, 6.07) is 8.32. The number of unbranched alkanes of at least 4 members (excludes halogenated alkanes) is 1. The number of nitrogens with one attached hydrogen (secondary N) is 1. The highest BCUT2D eigenvalue weighted by Gasteiger charge is 2.28. The molecule has 1 amide bonds. The third kappa shape index (κ3) is 7.38. The molecule has 1 aromatic carbocycles. The molecule has 2 saturated heterocycles. The molecule has 0 aromatic heterocycles. The van der Waals surface area contributed by atoms with Crippen LogP contribution in [-0.2, 0) is 20.9 Å². The Morgan fingerprint density at radius 2 is 1.83 bits per heavy atom.